The standard InChI is InChI=1S/C18H29N3O12/c1-13(31-16(24)7-5-6-14(33-21(28)29)11-30-20(26)27)32-17(25)19-12-18(10-15(22)23)8-3-2-4-9-18/h13-14H,2-12H2,1H3,(H,19,25)(H,22,23)/t13?,14-/m1/s1. The van der Waals surface area contributed by atoms with Gasteiger partial charge in [-0.3, -0.25) is 9.59 Å². The fraction of sp³-hybridized carbons (Fsp3) is 0.833. The molecule has 1 aliphatic carbocycles. The lowest BCUT2D eigenvalue weighted by atomic mass is 9.72. The lowest BCUT2D eigenvalue weighted by Gasteiger charge is -2.36. The summed E-state index contributed by atoms with van der Waals surface area (Å²) in [4.78, 5) is 64.0. The van der Waals surface area contributed by atoms with Gasteiger partial charge in [-0.25, -0.2) is 4.79 Å². The molecule has 15 nitrogen and oxygen atoms in total. The Kier molecular flexibility index (Phi) is 11.6. The summed E-state index contributed by atoms with van der Waals surface area (Å²) in [5.41, 5.74) is -0.537. The Morgan fingerprint density at radius 1 is 1.09 bits per heavy atom. The van der Waals surface area contributed by atoms with Crippen LogP contribution >= 0.6 is 0 Å². The molecule has 1 fully saturated rings. The van der Waals surface area contributed by atoms with Crippen LogP contribution in [0, 0.1) is 25.6 Å². The predicted octanol–water partition coefficient (Wildman–Crippen LogP) is 1.98. The molecule has 1 aliphatic rings. The van der Waals surface area contributed by atoms with Crippen LogP contribution in [0.5, 0.6) is 0 Å². The number of rotatable bonds is 15. The molecule has 0 saturated heterocycles. The van der Waals surface area contributed by atoms with Crippen LogP contribution in [0.4, 0.5) is 4.79 Å². The highest BCUT2D eigenvalue weighted by molar-refractivity contribution is 5.71. The third-order valence-electron chi connectivity index (χ3n) is 5.13. The number of carboxylic acid groups (broad SMARTS) is 1. The summed E-state index contributed by atoms with van der Waals surface area (Å²) >= 11 is 0. The van der Waals surface area contributed by atoms with Crippen molar-refractivity contribution in [3.63, 3.8) is 0 Å². The van der Waals surface area contributed by atoms with Crippen molar-refractivity contribution >= 4 is 18.0 Å². The van der Waals surface area contributed by atoms with Crippen molar-refractivity contribution in [2.75, 3.05) is 13.2 Å². The van der Waals surface area contributed by atoms with Gasteiger partial charge in [0.25, 0.3) is 10.2 Å². The van der Waals surface area contributed by atoms with Crippen molar-refractivity contribution in [2.24, 2.45) is 5.41 Å². The van der Waals surface area contributed by atoms with Gasteiger partial charge < -0.3 is 29.6 Å². The largest absolute Gasteiger partial charge is 0.481 e. The van der Waals surface area contributed by atoms with Gasteiger partial charge in [0.1, 0.15) is 12.7 Å². The van der Waals surface area contributed by atoms with Gasteiger partial charge in [-0.15, -0.1) is 20.2 Å². The summed E-state index contributed by atoms with van der Waals surface area (Å²) in [6.45, 7) is 0.767. The smallest absolute Gasteiger partial charge is 0.410 e. The topological polar surface area (TPSA) is 207 Å². The molecule has 188 valence electrons. The summed E-state index contributed by atoms with van der Waals surface area (Å²) in [7, 11) is 0. The second-order valence-corrected chi connectivity index (χ2v) is 7.81. The van der Waals surface area contributed by atoms with Crippen LogP contribution < -0.4 is 5.32 Å². The monoisotopic (exact) mass is 479 g/mol. The van der Waals surface area contributed by atoms with E-state index in [4.69, 9.17) is 14.6 Å². The van der Waals surface area contributed by atoms with E-state index in [1.165, 1.54) is 6.92 Å². The van der Waals surface area contributed by atoms with E-state index in [0.717, 1.165) is 19.3 Å². The van der Waals surface area contributed by atoms with Crippen LogP contribution in [0.1, 0.15) is 64.7 Å². The predicted molar refractivity (Wildman–Crippen MR) is 106 cm³/mol. The molecule has 2 N–H and O–H groups in total. The van der Waals surface area contributed by atoms with Crippen molar-refractivity contribution in [3.05, 3.63) is 20.2 Å². The Bertz CT molecular complexity index is 695. The van der Waals surface area contributed by atoms with Crippen molar-refractivity contribution in [3.8, 4) is 0 Å². The van der Waals surface area contributed by atoms with E-state index in [2.05, 4.69) is 15.0 Å². The molecule has 1 saturated carbocycles. The average Bonchev–Trinajstić information content (AvgIpc) is 2.70. The van der Waals surface area contributed by atoms with Crippen molar-refractivity contribution in [1.29, 1.82) is 0 Å². The number of aliphatic carboxylic acids is 1. The van der Waals surface area contributed by atoms with Crippen LogP contribution in [-0.2, 0) is 28.7 Å². The lowest BCUT2D eigenvalue weighted by Crippen LogP contribution is -2.41. The second-order valence-electron chi connectivity index (χ2n) is 7.81. The maximum Gasteiger partial charge on any atom is 0.410 e. The van der Waals surface area contributed by atoms with E-state index in [9.17, 15) is 34.6 Å². The molecule has 0 radical (unpaired) electrons. The minimum Gasteiger partial charge on any atom is -0.481 e. The number of carbonyl (C=O) groups is 3. The Hall–Kier alpha value is -3.39. The normalized spacial score (nSPS) is 16.5. The van der Waals surface area contributed by atoms with Crippen LogP contribution in [0.3, 0.4) is 0 Å². The van der Waals surface area contributed by atoms with Gasteiger partial charge in [0.05, 0.1) is 6.42 Å². The highest BCUT2D eigenvalue weighted by Gasteiger charge is 2.35. The molecular weight excluding hydrogens is 450 g/mol. The number of nitrogens with zero attached hydrogens (tertiary/aromatic N) is 2. The molecule has 1 unspecified atom stereocenters. The van der Waals surface area contributed by atoms with Gasteiger partial charge in [-0.1, -0.05) is 19.3 Å². The van der Waals surface area contributed by atoms with E-state index >= 15 is 0 Å². The zero-order valence-corrected chi connectivity index (χ0v) is 18.3. The van der Waals surface area contributed by atoms with Crippen LogP contribution in [0.2, 0.25) is 0 Å². The first-order valence-electron chi connectivity index (χ1n) is 10.5. The van der Waals surface area contributed by atoms with Gasteiger partial charge in [-0.05, 0) is 31.1 Å². The molecule has 0 aliphatic heterocycles. The Morgan fingerprint density at radius 2 is 1.76 bits per heavy atom. The third kappa shape index (κ3) is 12.3. The third-order valence-corrected chi connectivity index (χ3v) is 5.13. The molecule has 0 heterocycles. The molecule has 15 heteroatoms. The number of hydrogen-bond donors (Lipinski definition) is 2. The van der Waals surface area contributed by atoms with E-state index < -0.39 is 52.6 Å². The Labute approximate surface area is 188 Å². The minimum absolute atomic E-state index is 0.0367. The summed E-state index contributed by atoms with van der Waals surface area (Å²) in [6.07, 6.45) is 0.462. The molecular formula is C18H29N3O12. The van der Waals surface area contributed by atoms with E-state index in [-0.39, 0.29) is 32.2 Å². The maximum absolute atomic E-state index is 12.0. The quantitative estimate of drug-likeness (QED) is 0.150. The Morgan fingerprint density at radius 3 is 2.33 bits per heavy atom. The number of ether oxygens (including phenoxy) is 2. The van der Waals surface area contributed by atoms with Crippen molar-refractivity contribution in [1.82, 2.24) is 5.32 Å². The van der Waals surface area contributed by atoms with Gasteiger partial charge >= 0.3 is 18.0 Å². The highest BCUT2D eigenvalue weighted by Crippen LogP contribution is 2.38. The molecule has 2 atom stereocenters. The first-order valence-corrected chi connectivity index (χ1v) is 10.5. The summed E-state index contributed by atoms with van der Waals surface area (Å²) in [6, 6.07) is 0. The number of nitrogens with one attached hydrogen (secondary N) is 1. The second kappa shape index (κ2) is 13.9. The number of esters is 1. The molecule has 0 bridgehead atoms. The number of alkyl carbamates (subject to hydrolysis) is 1. The van der Waals surface area contributed by atoms with Crippen molar-refractivity contribution in [2.45, 2.75) is 77.1 Å². The summed E-state index contributed by atoms with van der Waals surface area (Å²) in [5, 5.41) is 30.1. The average molecular weight is 479 g/mol. The number of amides is 1. The lowest BCUT2D eigenvalue weighted by molar-refractivity contribution is -0.790. The zero-order valence-electron chi connectivity index (χ0n) is 18.3. The van der Waals surface area contributed by atoms with Gasteiger partial charge in [0.15, 0.2) is 0 Å². The minimum atomic E-state index is -1.24. The fourth-order valence-electron chi connectivity index (χ4n) is 3.67. The molecule has 1 amide bonds. The van der Waals surface area contributed by atoms with Gasteiger partial charge in [0.2, 0.25) is 6.29 Å². The fourth-order valence-corrected chi connectivity index (χ4v) is 3.67. The molecule has 0 aromatic heterocycles. The molecule has 1 rings (SSSR count). The molecule has 0 spiro atoms. The van der Waals surface area contributed by atoms with Crippen LogP contribution in [0.25, 0.3) is 0 Å². The molecule has 0 aromatic rings. The van der Waals surface area contributed by atoms with Crippen LogP contribution in [-0.4, -0.2) is 58.9 Å². The first-order chi connectivity index (χ1) is 15.5. The SMILES string of the molecule is CC(OC(=O)CCC[C@H](CO[N+](=O)[O-])O[N+](=O)[O-])OC(=O)NCC1(CC(=O)O)CCCCC1. The van der Waals surface area contributed by atoms with E-state index in [1.54, 1.807) is 0 Å². The summed E-state index contributed by atoms with van der Waals surface area (Å²) in [5.74, 6) is -1.70. The van der Waals surface area contributed by atoms with Gasteiger partial charge in [-0.2, -0.15) is 0 Å². The number of hydrogen-bond acceptors (Lipinski definition) is 11. The van der Waals surface area contributed by atoms with Crippen LogP contribution in [0.15, 0.2) is 0 Å². The highest BCUT2D eigenvalue weighted by atomic mass is 17.0. The molecule has 33 heavy (non-hydrogen) atoms. The molecule has 0 aromatic carbocycles. The first kappa shape index (κ1) is 27.6. The Balaban J connectivity index is 2.36. The van der Waals surface area contributed by atoms with Gasteiger partial charge in [0, 0.05) is 19.9 Å². The van der Waals surface area contributed by atoms with E-state index in [1.807, 2.05) is 0 Å². The van der Waals surface area contributed by atoms with Crippen molar-refractivity contribution < 1.29 is 48.8 Å². The number of carboxylic acids is 1. The maximum atomic E-state index is 12.0. The zero-order chi connectivity index (χ0) is 24.9. The van der Waals surface area contributed by atoms with E-state index in [0.29, 0.717) is 12.8 Å². The number of carbonyl (C=O) groups excluding carboxylic acids is 2. The summed E-state index contributed by atoms with van der Waals surface area (Å²) < 4.78 is 9.89.